The fraction of sp³-hybridized carbons (Fsp3) is 0. The van der Waals surface area contributed by atoms with E-state index in [0.29, 0.717) is 0 Å². The van der Waals surface area contributed by atoms with Gasteiger partial charge >= 0.3 is 7.25 Å². The first-order chi connectivity index (χ1) is 2.64. The minimum Gasteiger partial charge on any atom is -0.358 e. The van der Waals surface area contributed by atoms with Gasteiger partial charge in [0.15, 0.2) is 0 Å². The SMILES string of the molecule is O=[N+]([O-])B(O)O. The van der Waals surface area contributed by atoms with Crippen LogP contribution in [-0.4, -0.2) is 22.1 Å². The second kappa shape index (κ2) is 1.73. The summed E-state index contributed by atoms with van der Waals surface area (Å²) in [6.07, 6.45) is 0. The zero-order chi connectivity index (χ0) is 5.15. The summed E-state index contributed by atoms with van der Waals surface area (Å²) in [6, 6.07) is 0. The molecule has 0 aliphatic rings. The molecule has 0 unspecified atom stereocenters. The number of hydrogen-bond acceptors (Lipinski definition) is 4. The smallest absolute Gasteiger partial charge is 0.358 e. The van der Waals surface area contributed by atoms with E-state index in [0.717, 1.165) is 0 Å². The molecule has 6 heteroatoms. The third kappa shape index (κ3) is 1.68. The van der Waals surface area contributed by atoms with Crippen LogP contribution in [0.3, 0.4) is 0 Å². The zero-order valence-corrected chi connectivity index (χ0v) is 2.74. The lowest BCUT2D eigenvalue weighted by Gasteiger charge is -1.78. The normalized spacial score (nSPS) is 7.67. The fourth-order valence-electron chi connectivity index (χ4n) is 0. The molecule has 0 spiro atoms. The van der Waals surface area contributed by atoms with Crippen molar-refractivity contribution in [1.82, 2.24) is 0 Å². The highest BCUT2D eigenvalue weighted by atomic mass is 16.7. The fourth-order valence-corrected chi connectivity index (χ4v) is 0. The quantitative estimate of drug-likeness (QED) is 0.227. The van der Waals surface area contributed by atoms with Crippen LogP contribution in [0.25, 0.3) is 0 Å². The second-order valence-electron chi connectivity index (χ2n) is 0.632. The molecule has 0 aromatic heterocycles. The average Bonchev–Trinajstić information content (AvgIpc) is 1.36. The van der Waals surface area contributed by atoms with Gasteiger partial charge in [-0.1, -0.05) is 0 Å². The molecule has 34 valence electrons. The summed E-state index contributed by atoms with van der Waals surface area (Å²) < 4.78 is 0. The van der Waals surface area contributed by atoms with Crippen LogP contribution in [0.1, 0.15) is 0 Å². The standard InChI is InChI=1S/BH2NO4/c3-1(4)2(5)6/h3-4H. The van der Waals surface area contributed by atoms with E-state index in [1.54, 1.807) is 0 Å². The third-order valence-electron chi connectivity index (χ3n) is 0.189. The molecular weight excluding hydrogens is 88.8 g/mol. The monoisotopic (exact) mass is 91.0 g/mol. The van der Waals surface area contributed by atoms with Crippen LogP contribution in [0.15, 0.2) is 0 Å². The summed E-state index contributed by atoms with van der Waals surface area (Å²) in [5.74, 6) is 0. The molecular formula is H2BNO4. The van der Waals surface area contributed by atoms with Gasteiger partial charge < -0.3 is 10.0 Å². The average molecular weight is 90.8 g/mol. The molecule has 5 nitrogen and oxygen atoms in total. The van der Waals surface area contributed by atoms with Gasteiger partial charge in [0, 0.05) is 4.83 Å². The molecule has 6 heavy (non-hydrogen) atoms. The van der Waals surface area contributed by atoms with Gasteiger partial charge in [-0.25, -0.2) is 0 Å². The first kappa shape index (κ1) is 5.38. The zero-order valence-electron chi connectivity index (χ0n) is 2.74. The van der Waals surface area contributed by atoms with Crippen LogP contribution >= 0.6 is 0 Å². The van der Waals surface area contributed by atoms with Crippen LogP contribution < -0.4 is 0 Å². The lowest BCUT2D eigenvalue weighted by atomic mass is 10.2. The molecule has 0 aliphatic heterocycles. The van der Waals surface area contributed by atoms with Crippen molar-refractivity contribution >= 4 is 7.25 Å². The Kier molecular flexibility index (Phi) is 1.56. The minimum absolute atomic E-state index is 1.22. The Morgan fingerprint density at radius 3 is 1.83 bits per heavy atom. The molecule has 0 saturated heterocycles. The van der Waals surface area contributed by atoms with E-state index in [1.165, 1.54) is 0 Å². The van der Waals surface area contributed by atoms with Crippen LogP contribution in [-0.2, 0) is 0 Å². The maximum atomic E-state index is 9.00. The van der Waals surface area contributed by atoms with E-state index in [-0.39, 0.29) is 0 Å². The highest BCUT2D eigenvalue weighted by Gasteiger charge is 2.26. The van der Waals surface area contributed by atoms with E-state index in [4.69, 9.17) is 20.2 Å². The number of nitro groups is 1. The van der Waals surface area contributed by atoms with Gasteiger partial charge in [0.1, 0.15) is 0 Å². The van der Waals surface area contributed by atoms with Crippen LogP contribution in [0.5, 0.6) is 0 Å². The molecule has 0 aliphatic carbocycles. The molecule has 0 bridgehead atoms. The number of rotatable bonds is 1. The minimum atomic E-state index is -2.43. The van der Waals surface area contributed by atoms with Crippen molar-refractivity contribution in [2.75, 3.05) is 0 Å². The maximum absolute atomic E-state index is 9.00. The summed E-state index contributed by atoms with van der Waals surface area (Å²) in [6.45, 7) is 0. The second-order valence-corrected chi connectivity index (χ2v) is 0.632. The van der Waals surface area contributed by atoms with E-state index < -0.39 is 12.1 Å². The van der Waals surface area contributed by atoms with Crippen molar-refractivity contribution in [2.45, 2.75) is 0 Å². The van der Waals surface area contributed by atoms with Crippen molar-refractivity contribution in [1.29, 1.82) is 0 Å². The van der Waals surface area contributed by atoms with Crippen molar-refractivity contribution in [3.63, 3.8) is 0 Å². The van der Waals surface area contributed by atoms with Crippen LogP contribution in [0, 0.1) is 10.1 Å². The first-order valence-corrected chi connectivity index (χ1v) is 1.14. The van der Waals surface area contributed by atoms with Gasteiger partial charge in [-0.15, -0.1) is 0 Å². The lowest BCUT2D eigenvalue weighted by molar-refractivity contribution is -0.366. The molecule has 0 fully saturated rings. The topological polar surface area (TPSA) is 83.6 Å². The van der Waals surface area contributed by atoms with E-state index >= 15 is 0 Å². The van der Waals surface area contributed by atoms with Crippen molar-refractivity contribution in [3.8, 4) is 0 Å². The van der Waals surface area contributed by atoms with E-state index in [1.807, 2.05) is 0 Å². The van der Waals surface area contributed by atoms with Crippen molar-refractivity contribution in [3.05, 3.63) is 10.1 Å². The Morgan fingerprint density at radius 2 is 1.83 bits per heavy atom. The van der Waals surface area contributed by atoms with Gasteiger partial charge in [-0.3, -0.25) is 10.1 Å². The predicted molar refractivity (Wildman–Crippen MR) is 17.2 cm³/mol. The summed E-state index contributed by atoms with van der Waals surface area (Å²) in [5, 5.41) is 24.0. The molecule has 2 N–H and O–H groups in total. The van der Waals surface area contributed by atoms with Crippen molar-refractivity contribution < 1.29 is 14.9 Å². The molecule has 0 heterocycles. The van der Waals surface area contributed by atoms with Crippen LogP contribution in [0.2, 0.25) is 0 Å². The number of nitrogens with zero attached hydrogens (tertiary/aromatic N) is 1. The predicted octanol–water partition coefficient (Wildman–Crippen LogP) is -1.77. The van der Waals surface area contributed by atoms with Crippen molar-refractivity contribution in [2.24, 2.45) is 0 Å². The van der Waals surface area contributed by atoms with Gasteiger partial charge in [0.25, 0.3) is 0 Å². The maximum Gasteiger partial charge on any atom is 0.897 e. The Morgan fingerprint density at radius 1 is 1.67 bits per heavy atom. The molecule has 0 saturated carbocycles. The first-order valence-electron chi connectivity index (χ1n) is 1.14. The highest BCUT2D eigenvalue weighted by Crippen LogP contribution is 1.63. The lowest BCUT2D eigenvalue weighted by Crippen LogP contribution is -2.23. The van der Waals surface area contributed by atoms with Gasteiger partial charge in [-0.05, 0) is 0 Å². The molecule has 0 aromatic carbocycles. The Labute approximate surface area is 33.5 Å². The molecule has 0 rings (SSSR count). The Bertz CT molecular complexity index is 58.6. The summed E-state index contributed by atoms with van der Waals surface area (Å²) in [4.78, 5) is 7.78. The summed E-state index contributed by atoms with van der Waals surface area (Å²) in [5.41, 5.74) is 0. The molecule has 0 amide bonds. The molecule has 0 atom stereocenters. The molecule has 0 radical (unpaired) electrons. The summed E-state index contributed by atoms with van der Waals surface area (Å²) in [7, 11) is -2.43. The highest BCUT2D eigenvalue weighted by molar-refractivity contribution is 6.30. The van der Waals surface area contributed by atoms with E-state index in [2.05, 4.69) is 0 Å². The largest absolute Gasteiger partial charge is 0.897 e. The van der Waals surface area contributed by atoms with Gasteiger partial charge in [0.2, 0.25) is 0 Å². The summed E-state index contributed by atoms with van der Waals surface area (Å²) >= 11 is 0. The Hall–Kier alpha value is -0.615. The van der Waals surface area contributed by atoms with Gasteiger partial charge in [-0.2, -0.15) is 0 Å². The molecule has 0 aromatic rings. The van der Waals surface area contributed by atoms with Gasteiger partial charge in [0.05, 0.1) is 0 Å². The Balaban J connectivity index is 3.26. The van der Waals surface area contributed by atoms with E-state index in [9.17, 15) is 0 Å². The number of hydrogen-bond donors (Lipinski definition) is 2. The van der Waals surface area contributed by atoms with Crippen LogP contribution in [0.4, 0.5) is 0 Å². The third-order valence-corrected chi connectivity index (χ3v) is 0.189.